The molecule has 2 N–H and O–H groups in total. The zero-order valence-corrected chi connectivity index (χ0v) is 22.3. The van der Waals surface area contributed by atoms with Gasteiger partial charge in [0.1, 0.15) is 11.0 Å². The van der Waals surface area contributed by atoms with Crippen molar-refractivity contribution in [2.75, 3.05) is 6.54 Å². The third-order valence-corrected chi connectivity index (χ3v) is 12.3. The number of ketones is 1. The molecule has 9 atom stereocenters. The number of carbonyl (C=O) groups is 2. The van der Waals surface area contributed by atoms with Crippen molar-refractivity contribution in [3.63, 3.8) is 0 Å². The van der Waals surface area contributed by atoms with Crippen LogP contribution in [0.4, 0.5) is 0 Å². The SMILES string of the molecule is C[C@H](CCC(=O)NC[C@H](C)S(=O)(=O)O)[C@H]1CC[C@H]2[C@@H]3CC[C@@H]4CC(=O)CC[C@]4(C)[C@H]3CC[C@]12C. The highest BCUT2D eigenvalue weighted by atomic mass is 32.2. The van der Waals surface area contributed by atoms with E-state index in [9.17, 15) is 18.0 Å². The molecule has 4 fully saturated rings. The first-order valence-electron chi connectivity index (χ1n) is 13.6. The summed E-state index contributed by atoms with van der Waals surface area (Å²) in [6, 6.07) is 0. The van der Waals surface area contributed by atoms with Crippen molar-refractivity contribution in [2.24, 2.45) is 46.3 Å². The number of carbonyl (C=O) groups excluding carboxylic acids is 2. The molecule has 6 nitrogen and oxygen atoms in total. The lowest BCUT2D eigenvalue weighted by Gasteiger charge is -2.60. The van der Waals surface area contributed by atoms with Crippen LogP contribution in [0.15, 0.2) is 0 Å². The van der Waals surface area contributed by atoms with Gasteiger partial charge in [0.15, 0.2) is 0 Å². The summed E-state index contributed by atoms with van der Waals surface area (Å²) in [6.07, 6.45) is 11.5. The van der Waals surface area contributed by atoms with E-state index >= 15 is 0 Å². The fraction of sp³-hybridized carbons (Fsp3) is 0.926. The lowest BCUT2D eigenvalue weighted by atomic mass is 9.44. The maximum absolute atomic E-state index is 12.3. The Morgan fingerprint density at radius 3 is 2.47 bits per heavy atom. The first-order chi connectivity index (χ1) is 15.9. The third kappa shape index (κ3) is 4.72. The zero-order chi connectivity index (χ0) is 24.9. The molecule has 0 aromatic heterocycles. The van der Waals surface area contributed by atoms with E-state index in [1.807, 2.05) is 0 Å². The Balaban J connectivity index is 1.35. The molecule has 0 spiro atoms. The predicted molar refractivity (Wildman–Crippen MR) is 133 cm³/mol. The van der Waals surface area contributed by atoms with Gasteiger partial charge >= 0.3 is 0 Å². The molecule has 0 aromatic carbocycles. The molecule has 7 heteroatoms. The van der Waals surface area contributed by atoms with E-state index < -0.39 is 15.4 Å². The average Bonchev–Trinajstić information content (AvgIpc) is 3.13. The van der Waals surface area contributed by atoms with Gasteiger partial charge in [-0.2, -0.15) is 8.42 Å². The molecule has 0 saturated heterocycles. The number of hydrogen-bond donors (Lipinski definition) is 2. The van der Waals surface area contributed by atoms with Crippen LogP contribution in [-0.2, 0) is 19.7 Å². The van der Waals surface area contributed by atoms with Gasteiger partial charge in [-0.3, -0.25) is 14.1 Å². The Labute approximate surface area is 206 Å². The van der Waals surface area contributed by atoms with Gasteiger partial charge < -0.3 is 5.32 Å². The molecular weight excluding hydrogens is 450 g/mol. The van der Waals surface area contributed by atoms with E-state index in [0.717, 1.165) is 43.4 Å². The van der Waals surface area contributed by atoms with Crippen LogP contribution in [0.5, 0.6) is 0 Å². The number of nitrogens with one attached hydrogen (secondary N) is 1. The molecule has 34 heavy (non-hydrogen) atoms. The standard InChI is InChI=1S/C27H45NO5S/c1-17(5-10-25(30)28-16-18(2)34(31,32)33)22-8-9-23-21-7-6-19-15-20(29)11-13-26(19,3)24(21)12-14-27(22,23)4/h17-19,21-24H,5-16H2,1-4H3,(H,28,30)(H,31,32,33)/t17-,18+,19-,21+,22-,23+,24+,26+,27-/m1/s1. The van der Waals surface area contributed by atoms with Gasteiger partial charge in [-0.25, -0.2) is 0 Å². The summed E-state index contributed by atoms with van der Waals surface area (Å²) < 4.78 is 31.4. The number of fused-ring (bicyclic) bond motifs is 5. The molecule has 4 aliphatic carbocycles. The third-order valence-electron chi connectivity index (χ3n) is 11.2. The highest BCUT2D eigenvalue weighted by Gasteiger charge is 2.60. The van der Waals surface area contributed by atoms with E-state index in [1.54, 1.807) is 0 Å². The number of hydrogen-bond acceptors (Lipinski definition) is 4. The van der Waals surface area contributed by atoms with Gasteiger partial charge in [-0.1, -0.05) is 20.8 Å². The van der Waals surface area contributed by atoms with Crippen molar-refractivity contribution in [2.45, 2.75) is 104 Å². The largest absolute Gasteiger partial charge is 0.355 e. The Bertz CT molecular complexity index is 903. The second kappa shape index (κ2) is 9.49. The van der Waals surface area contributed by atoms with Crippen molar-refractivity contribution >= 4 is 21.8 Å². The van der Waals surface area contributed by atoms with Crippen LogP contribution in [0.3, 0.4) is 0 Å². The van der Waals surface area contributed by atoms with Crippen LogP contribution < -0.4 is 5.32 Å². The van der Waals surface area contributed by atoms with Crippen molar-refractivity contribution in [3.05, 3.63) is 0 Å². The van der Waals surface area contributed by atoms with Crippen molar-refractivity contribution < 1.29 is 22.6 Å². The van der Waals surface area contributed by atoms with Gasteiger partial charge in [0.05, 0.1) is 0 Å². The summed E-state index contributed by atoms with van der Waals surface area (Å²) in [5, 5.41) is 1.68. The lowest BCUT2D eigenvalue weighted by Crippen LogP contribution is -2.53. The van der Waals surface area contributed by atoms with Crippen LogP contribution in [0.1, 0.15) is 98.3 Å². The second-order valence-electron chi connectivity index (χ2n) is 12.8. The Kier molecular flexibility index (Phi) is 7.29. The minimum atomic E-state index is -4.12. The van der Waals surface area contributed by atoms with E-state index in [-0.39, 0.29) is 12.5 Å². The minimum Gasteiger partial charge on any atom is -0.355 e. The van der Waals surface area contributed by atoms with Crippen LogP contribution in [0.2, 0.25) is 0 Å². The first kappa shape index (κ1) is 26.1. The van der Waals surface area contributed by atoms with Gasteiger partial charge in [0.2, 0.25) is 5.91 Å². The smallest absolute Gasteiger partial charge is 0.269 e. The molecule has 4 aliphatic rings. The summed E-state index contributed by atoms with van der Waals surface area (Å²) in [7, 11) is -4.12. The molecule has 0 radical (unpaired) electrons. The van der Waals surface area contributed by atoms with Crippen LogP contribution in [0.25, 0.3) is 0 Å². The number of Topliss-reactive ketones (excluding diaryl/α,β-unsaturated/α-hetero) is 1. The molecular formula is C27H45NO5S. The monoisotopic (exact) mass is 495 g/mol. The fourth-order valence-electron chi connectivity index (χ4n) is 9.03. The van der Waals surface area contributed by atoms with E-state index in [2.05, 4.69) is 26.1 Å². The van der Waals surface area contributed by atoms with Crippen LogP contribution in [0, 0.1) is 46.3 Å². The molecule has 0 aliphatic heterocycles. The van der Waals surface area contributed by atoms with Crippen molar-refractivity contribution in [1.82, 2.24) is 5.32 Å². The highest BCUT2D eigenvalue weighted by molar-refractivity contribution is 7.86. The fourth-order valence-corrected chi connectivity index (χ4v) is 9.33. The summed E-state index contributed by atoms with van der Waals surface area (Å²) >= 11 is 0. The second-order valence-corrected chi connectivity index (χ2v) is 14.6. The molecule has 0 heterocycles. The maximum Gasteiger partial charge on any atom is 0.269 e. The minimum absolute atomic E-state index is 0.0519. The van der Waals surface area contributed by atoms with Crippen molar-refractivity contribution in [3.8, 4) is 0 Å². The van der Waals surface area contributed by atoms with E-state index in [0.29, 0.717) is 40.8 Å². The molecule has 0 aromatic rings. The van der Waals surface area contributed by atoms with Crippen LogP contribution in [-0.4, -0.2) is 36.5 Å². The highest BCUT2D eigenvalue weighted by Crippen LogP contribution is 2.68. The predicted octanol–water partition coefficient (Wildman–Crippen LogP) is 5.02. The molecule has 4 rings (SSSR count). The molecule has 0 bridgehead atoms. The Hall–Kier alpha value is -0.950. The Morgan fingerprint density at radius 2 is 1.76 bits per heavy atom. The van der Waals surface area contributed by atoms with Gasteiger partial charge in [-0.05, 0) is 105 Å². The summed E-state index contributed by atoms with van der Waals surface area (Å²) in [4.78, 5) is 24.5. The van der Waals surface area contributed by atoms with E-state index in [4.69, 9.17) is 4.55 Å². The molecule has 4 saturated carbocycles. The van der Waals surface area contributed by atoms with Crippen LogP contribution >= 0.6 is 0 Å². The lowest BCUT2D eigenvalue weighted by molar-refractivity contribution is -0.140. The maximum atomic E-state index is 12.3. The van der Waals surface area contributed by atoms with Gasteiger partial charge in [-0.15, -0.1) is 0 Å². The van der Waals surface area contributed by atoms with Crippen molar-refractivity contribution in [1.29, 1.82) is 0 Å². The molecule has 194 valence electrons. The summed E-state index contributed by atoms with van der Waals surface area (Å²) in [5.74, 6) is 4.34. The average molecular weight is 496 g/mol. The summed E-state index contributed by atoms with van der Waals surface area (Å²) in [5.41, 5.74) is 0.684. The first-order valence-corrected chi connectivity index (χ1v) is 15.1. The normalized spacial score (nSPS) is 41.7. The molecule has 0 unspecified atom stereocenters. The number of amides is 1. The van der Waals surface area contributed by atoms with E-state index in [1.165, 1.54) is 45.4 Å². The van der Waals surface area contributed by atoms with Gasteiger partial charge in [0.25, 0.3) is 10.1 Å². The number of rotatable bonds is 7. The summed E-state index contributed by atoms with van der Waals surface area (Å²) in [6.45, 7) is 8.66. The zero-order valence-electron chi connectivity index (χ0n) is 21.5. The van der Waals surface area contributed by atoms with Gasteiger partial charge in [0, 0.05) is 25.8 Å². The molecule has 1 amide bonds. The Morgan fingerprint density at radius 1 is 1.06 bits per heavy atom. The topological polar surface area (TPSA) is 101 Å². The quantitative estimate of drug-likeness (QED) is 0.483.